The molecule has 0 fully saturated rings. The second-order valence-electron chi connectivity index (χ2n) is 5.55. The molecule has 0 unspecified atom stereocenters. The van der Waals surface area contributed by atoms with Gasteiger partial charge in [0.25, 0.3) is 0 Å². The number of halogens is 1. The van der Waals surface area contributed by atoms with Crippen LogP contribution in [0.15, 0.2) is 42.5 Å². The highest BCUT2D eigenvalue weighted by molar-refractivity contribution is 6.31. The van der Waals surface area contributed by atoms with Gasteiger partial charge in [0.15, 0.2) is 0 Å². The van der Waals surface area contributed by atoms with Gasteiger partial charge in [-0.05, 0) is 42.7 Å². The summed E-state index contributed by atoms with van der Waals surface area (Å²) in [4.78, 5) is 23.9. The van der Waals surface area contributed by atoms with E-state index in [9.17, 15) is 9.59 Å². The van der Waals surface area contributed by atoms with Gasteiger partial charge in [-0.25, -0.2) is 0 Å². The Morgan fingerprint density at radius 1 is 1.08 bits per heavy atom. The SMILES string of the molecule is COc1ccccc1CCNC(=O)CC(=O)Nc1cccc(Cl)c1C. The molecule has 0 radical (unpaired) electrons. The average Bonchev–Trinajstić information content (AvgIpc) is 2.59. The van der Waals surface area contributed by atoms with Crippen LogP contribution in [0.4, 0.5) is 5.69 Å². The van der Waals surface area contributed by atoms with Crippen LogP contribution in [0.1, 0.15) is 17.5 Å². The molecule has 0 spiro atoms. The summed E-state index contributed by atoms with van der Waals surface area (Å²) < 4.78 is 5.27. The number of benzene rings is 2. The number of methoxy groups -OCH3 is 1. The van der Waals surface area contributed by atoms with Gasteiger partial charge in [-0.3, -0.25) is 9.59 Å². The van der Waals surface area contributed by atoms with Crippen LogP contribution in [0, 0.1) is 6.92 Å². The van der Waals surface area contributed by atoms with Crippen LogP contribution < -0.4 is 15.4 Å². The van der Waals surface area contributed by atoms with Gasteiger partial charge in [-0.1, -0.05) is 35.9 Å². The van der Waals surface area contributed by atoms with E-state index in [4.69, 9.17) is 16.3 Å². The third-order valence-electron chi connectivity index (χ3n) is 3.77. The summed E-state index contributed by atoms with van der Waals surface area (Å²) in [7, 11) is 1.61. The van der Waals surface area contributed by atoms with Crippen molar-refractivity contribution in [3.8, 4) is 5.75 Å². The summed E-state index contributed by atoms with van der Waals surface area (Å²) in [6.07, 6.45) is 0.392. The molecule has 6 heteroatoms. The van der Waals surface area contributed by atoms with Gasteiger partial charge >= 0.3 is 0 Å². The summed E-state index contributed by atoms with van der Waals surface area (Å²) in [5.41, 5.74) is 2.39. The van der Waals surface area contributed by atoms with E-state index in [0.29, 0.717) is 23.7 Å². The molecule has 0 aliphatic heterocycles. The van der Waals surface area contributed by atoms with Crippen molar-refractivity contribution in [1.82, 2.24) is 5.32 Å². The maximum absolute atomic E-state index is 12.0. The molecule has 2 aromatic carbocycles. The maximum atomic E-state index is 12.0. The van der Waals surface area contributed by atoms with E-state index in [1.54, 1.807) is 25.3 Å². The fourth-order valence-electron chi connectivity index (χ4n) is 2.39. The number of ether oxygens (including phenoxy) is 1. The minimum Gasteiger partial charge on any atom is -0.496 e. The normalized spacial score (nSPS) is 10.2. The Morgan fingerprint density at radius 3 is 2.60 bits per heavy atom. The molecule has 0 saturated carbocycles. The number of hydrogen-bond donors (Lipinski definition) is 2. The molecule has 5 nitrogen and oxygen atoms in total. The number of anilines is 1. The predicted molar refractivity (Wildman–Crippen MR) is 99.1 cm³/mol. The number of rotatable bonds is 7. The van der Waals surface area contributed by atoms with E-state index < -0.39 is 0 Å². The number of para-hydroxylation sites is 1. The Kier molecular flexibility index (Phi) is 6.83. The van der Waals surface area contributed by atoms with Crippen molar-refractivity contribution in [2.75, 3.05) is 19.0 Å². The standard InChI is InChI=1S/C19H21ClN2O3/c1-13-15(20)7-5-8-16(13)22-19(24)12-18(23)21-11-10-14-6-3-4-9-17(14)25-2/h3-9H,10-12H2,1-2H3,(H,21,23)(H,22,24). The molecule has 0 heterocycles. The van der Waals surface area contributed by atoms with Gasteiger partial charge < -0.3 is 15.4 Å². The molecule has 2 N–H and O–H groups in total. The van der Waals surface area contributed by atoms with E-state index in [2.05, 4.69) is 10.6 Å². The molecule has 132 valence electrons. The summed E-state index contributed by atoms with van der Waals surface area (Å²) >= 11 is 6.01. The monoisotopic (exact) mass is 360 g/mol. The van der Waals surface area contributed by atoms with E-state index in [1.165, 1.54) is 0 Å². The lowest BCUT2D eigenvalue weighted by atomic mass is 10.1. The summed E-state index contributed by atoms with van der Waals surface area (Å²) in [6, 6.07) is 12.9. The fourth-order valence-corrected chi connectivity index (χ4v) is 2.57. The molecule has 0 saturated heterocycles. The number of carbonyl (C=O) groups excluding carboxylic acids is 2. The second kappa shape index (κ2) is 9.08. The lowest BCUT2D eigenvalue weighted by Crippen LogP contribution is -2.29. The Hall–Kier alpha value is -2.53. The Labute approximate surface area is 152 Å². The largest absolute Gasteiger partial charge is 0.496 e. The van der Waals surface area contributed by atoms with Gasteiger partial charge in [-0.15, -0.1) is 0 Å². The minimum atomic E-state index is -0.375. The molecule has 0 aliphatic carbocycles. The van der Waals surface area contributed by atoms with Crippen LogP contribution in [0.3, 0.4) is 0 Å². The van der Waals surface area contributed by atoms with Gasteiger partial charge in [0.1, 0.15) is 12.2 Å². The zero-order valence-electron chi connectivity index (χ0n) is 14.3. The molecule has 0 bridgehead atoms. The van der Waals surface area contributed by atoms with Crippen molar-refractivity contribution in [1.29, 1.82) is 0 Å². The third kappa shape index (κ3) is 5.50. The highest BCUT2D eigenvalue weighted by Crippen LogP contribution is 2.23. The number of hydrogen-bond acceptors (Lipinski definition) is 3. The first-order valence-corrected chi connectivity index (χ1v) is 8.32. The Balaban J connectivity index is 1.80. The van der Waals surface area contributed by atoms with Gasteiger partial charge in [0, 0.05) is 17.3 Å². The van der Waals surface area contributed by atoms with E-state index in [0.717, 1.165) is 16.9 Å². The molecule has 0 aliphatic rings. The Bertz CT molecular complexity index is 762. The van der Waals surface area contributed by atoms with Gasteiger partial charge in [-0.2, -0.15) is 0 Å². The molecule has 2 aromatic rings. The Morgan fingerprint density at radius 2 is 1.84 bits per heavy atom. The molecule has 25 heavy (non-hydrogen) atoms. The highest BCUT2D eigenvalue weighted by Gasteiger charge is 2.11. The van der Waals surface area contributed by atoms with E-state index >= 15 is 0 Å². The first-order valence-electron chi connectivity index (χ1n) is 7.95. The van der Waals surface area contributed by atoms with Gasteiger partial charge in [0.05, 0.1) is 7.11 Å². The summed E-state index contributed by atoms with van der Waals surface area (Å²) in [6.45, 7) is 2.24. The first-order chi connectivity index (χ1) is 12.0. The predicted octanol–water partition coefficient (Wildman–Crippen LogP) is 3.34. The highest BCUT2D eigenvalue weighted by atomic mass is 35.5. The molecular weight excluding hydrogens is 340 g/mol. The first kappa shape index (κ1) is 18.8. The number of nitrogens with one attached hydrogen (secondary N) is 2. The topological polar surface area (TPSA) is 67.4 Å². The van der Waals surface area contributed by atoms with Crippen LogP contribution in [0.2, 0.25) is 5.02 Å². The lowest BCUT2D eigenvalue weighted by Gasteiger charge is -2.10. The lowest BCUT2D eigenvalue weighted by molar-refractivity contribution is -0.126. The van der Waals surface area contributed by atoms with Crippen molar-refractivity contribution in [3.05, 3.63) is 58.6 Å². The minimum absolute atomic E-state index is 0.238. The fraction of sp³-hybridized carbons (Fsp3) is 0.263. The molecular formula is C19H21ClN2O3. The quantitative estimate of drug-likeness (QED) is 0.744. The van der Waals surface area contributed by atoms with Crippen LogP contribution >= 0.6 is 11.6 Å². The van der Waals surface area contributed by atoms with Crippen molar-refractivity contribution in [2.45, 2.75) is 19.8 Å². The maximum Gasteiger partial charge on any atom is 0.233 e. The van der Waals surface area contributed by atoms with Crippen LogP contribution in [0.25, 0.3) is 0 Å². The van der Waals surface area contributed by atoms with Crippen LogP contribution in [-0.2, 0) is 16.0 Å². The zero-order valence-corrected chi connectivity index (χ0v) is 15.0. The van der Waals surface area contributed by atoms with Crippen LogP contribution in [-0.4, -0.2) is 25.5 Å². The molecule has 0 atom stereocenters. The van der Waals surface area contributed by atoms with Gasteiger partial charge in [0.2, 0.25) is 11.8 Å². The average molecular weight is 361 g/mol. The number of carbonyl (C=O) groups is 2. The molecule has 0 aromatic heterocycles. The number of amides is 2. The van der Waals surface area contributed by atoms with E-state index in [1.807, 2.05) is 31.2 Å². The zero-order chi connectivity index (χ0) is 18.2. The molecule has 2 amide bonds. The smallest absolute Gasteiger partial charge is 0.233 e. The summed E-state index contributed by atoms with van der Waals surface area (Å²) in [5, 5.41) is 6.02. The van der Waals surface area contributed by atoms with Crippen molar-refractivity contribution in [2.24, 2.45) is 0 Å². The van der Waals surface area contributed by atoms with Crippen molar-refractivity contribution >= 4 is 29.1 Å². The second-order valence-corrected chi connectivity index (χ2v) is 5.96. The van der Waals surface area contributed by atoms with Crippen LogP contribution in [0.5, 0.6) is 5.75 Å². The molecule has 2 rings (SSSR count). The summed E-state index contributed by atoms with van der Waals surface area (Å²) in [5.74, 6) is 0.0816. The van der Waals surface area contributed by atoms with E-state index in [-0.39, 0.29) is 18.2 Å². The van der Waals surface area contributed by atoms with Crippen molar-refractivity contribution in [3.63, 3.8) is 0 Å². The third-order valence-corrected chi connectivity index (χ3v) is 4.18. The van der Waals surface area contributed by atoms with Crippen molar-refractivity contribution < 1.29 is 14.3 Å².